The first-order valence-corrected chi connectivity index (χ1v) is 13.5. The van der Waals surface area contributed by atoms with Gasteiger partial charge in [0, 0.05) is 11.6 Å². The van der Waals surface area contributed by atoms with Crippen molar-refractivity contribution in [1.29, 1.82) is 0 Å². The lowest BCUT2D eigenvalue weighted by Gasteiger charge is -2.23. The van der Waals surface area contributed by atoms with E-state index in [2.05, 4.69) is 48.2 Å². The monoisotopic (exact) mass is 519 g/mol. The Hall–Kier alpha value is -2.99. The summed E-state index contributed by atoms with van der Waals surface area (Å²) in [5.41, 5.74) is 5.50. The Morgan fingerprint density at radius 3 is 2.08 bits per heavy atom. The Balaban J connectivity index is 1.98. The molecule has 0 heterocycles. The molecule has 1 unspecified atom stereocenters. The molecule has 38 heavy (non-hydrogen) atoms. The van der Waals surface area contributed by atoms with Crippen LogP contribution in [0.25, 0.3) is 0 Å². The van der Waals surface area contributed by atoms with Crippen LogP contribution in [-0.4, -0.2) is 50.8 Å². The molecule has 0 N–H and O–H groups in total. The van der Waals surface area contributed by atoms with Gasteiger partial charge in [-0.25, -0.2) is 4.79 Å². The van der Waals surface area contributed by atoms with E-state index < -0.39 is 0 Å². The lowest BCUT2D eigenvalue weighted by molar-refractivity contribution is -0.138. The second-order valence-corrected chi connectivity index (χ2v) is 9.74. The quantitative estimate of drug-likeness (QED) is 0.0984. The van der Waals surface area contributed by atoms with Gasteiger partial charge in [-0.05, 0) is 70.8 Å². The molecule has 2 aromatic carbocycles. The number of esters is 1. The van der Waals surface area contributed by atoms with Crippen molar-refractivity contribution in [3.8, 4) is 0 Å². The van der Waals surface area contributed by atoms with Crippen molar-refractivity contribution in [3.63, 3.8) is 0 Å². The number of carbonyl (C=O) groups excluding carboxylic acids is 1. The van der Waals surface area contributed by atoms with E-state index in [-0.39, 0.29) is 12.0 Å². The molecule has 0 aliphatic rings. The van der Waals surface area contributed by atoms with Gasteiger partial charge in [-0.15, -0.1) is 0 Å². The summed E-state index contributed by atoms with van der Waals surface area (Å²) in [5, 5.41) is 0. The Bertz CT molecular complexity index is 1030. The topological polar surface area (TPSA) is 48.0 Å². The van der Waals surface area contributed by atoms with E-state index in [4.69, 9.17) is 14.2 Å². The van der Waals surface area contributed by atoms with Gasteiger partial charge < -0.3 is 19.1 Å². The number of hydrogen-bond donors (Lipinski definition) is 0. The van der Waals surface area contributed by atoms with Crippen LogP contribution in [0, 0.1) is 0 Å². The van der Waals surface area contributed by atoms with Crippen molar-refractivity contribution in [2.75, 3.05) is 33.9 Å². The minimum atomic E-state index is -0.263. The normalized spacial score (nSPS) is 13.6. The fraction of sp³-hybridized carbons (Fsp3) is 0.424. The van der Waals surface area contributed by atoms with E-state index in [1.165, 1.54) is 16.7 Å². The molecule has 1 atom stereocenters. The average molecular weight is 520 g/mol. The fourth-order valence-corrected chi connectivity index (χ4v) is 3.89. The van der Waals surface area contributed by atoms with Gasteiger partial charge in [-0.2, -0.15) is 0 Å². The van der Waals surface area contributed by atoms with Gasteiger partial charge in [0.25, 0.3) is 0 Å². The minimum Gasteiger partial charge on any atom is -0.463 e. The van der Waals surface area contributed by atoms with Crippen LogP contribution in [0.5, 0.6) is 0 Å². The highest BCUT2D eigenvalue weighted by atomic mass is 16.5. The lowest BCUT2D eigenvalue weighted by atomic mass is 10.0. The molecule has 2 aromatic rings. The van der Waals surface area contributed by atoms with Crippen LogP contribution < -0.4 is 0 Å². The largest absolute Gasteiger partial charge is 0.463 e. The van der Waals surface area contributed by atoms with Gasteiger partial charge in [-0.3, -0.25) is 0 Å². The number of hydrogen-bond acceptors (Lipinski definition) is 5. The number of carbonyl (C=O) groups is 1. The summed E-state index contributed by atoms with van der Waals surface area (Å²) in [5.74, 6) is -0.263. The van der Waals surface area contributed by atoms with Crippen LogP contribution in [0.3, 0.4) is 0 Å². The van der Waals surface area contributed by atoms with Crippen LogP contribution in [0.4, 0.5) is 0 Å². The zero-order valence-corrected chi connectivity index (χ0v) is 23.8. The van der Waals surface area contributed by atoms with Crippen LogP contribution in [0.2, 0.25) is 0 Å². The highest BCUT2D eigenvalue weighted by Crippen LogP contribution is 2.17. The number of likely N-dealkylation sites (N-methyl/N-ethyl adjacent to an activating group) is 1. The average Bonchev–Trinajstić information content (AvgIpc) is 2.91. The molecule has 0 aliphatic heterocycles. The first kappa shape index (κ1) is 31.2. The first-order chi connectivity index (χ1) is 18.4. The van der Waals surface area contributed by atoms with Crippen LogP contribution >= 0.6 is 0 Å². The van der Waals surface area contributed by atoms with Gasteiger partial charge in [-0.1, -0.05) is 84.5 Å². The molecular formula is C33H45NO4. The smallest absolute Gasteiger partial charge is 0.333 e. The summed E-state index contributed by atoms with van der Waals surface area (Å²) in [7, 11) is 4.06. The number of rotatable bonds is 17. The van der Waals surface area contributed by atoms with Gasteiger partial charge in [0.1, 0.15) is 0 Å². The molecule has 5 heteroatoms. The zero-order valence-electron chi connectivity index (χ0n) is 23.8. The summed E-state index contributed by atoms with van der Waals surface area (Å²) in [4.78, 5) is 14.3. The molecule has 0 bridgehead atoms. The molecule has 0 radical (unpaired) electrons. The molecule has 0 aliphatic carbocycles. The Morgan fingerprint density at radius 2 is 1.50 bits per heavy atom. The Kier molecular flexibility index (Phi) is 15.0. The highest BCUT2D eigenvalue weighted by Gasteiger charge is 2.15. The van der Waals surface area contributed by atoms with Crippen molar-refractivity contribution in [2.45, 2.75) is 59.3 Å². The molecule has 206 valence electrons. The summed E-state index contributed by atoms with van der Waals surface area (Å²) in [6.07, 6.45) is 9.11. The standard InChI is InChI=1S/C33H45NO4/c1-6-38-33(35)28(3)22-32(34(4)5)23-31(26-37-25-30-17-11-8-12-18-30)19-13-14-27(2)20-21-36-24-29-15-9-7-10-16-29/h7-12,15-20,22,32H,6,13-14,21,23-26H2,1-5H3/b27-20+,28-22+,31-19+. The molecule has 0 aromatic heterocycles. The number of allylic oxidation sites excluding steroid dienone is 2. The number of benzene rings is 2. The third kappa shape index (κ3) is 13.0. The summed E-state index contributed by atoms with van der Waals surface area (Å²) >= 11 is 0. The predicted molar refractivity (Wildman–Crippen MR) is 156 cm³/mol. The van der Waals surface area contributed by atoms with Gasteiger partial charge in [0.05, 0.1) is 33.0 Å². The maximum Gasteiger partial charge on any atom is 0.333 e. The molecule has 0 saturated carbocycles. The lowest BCUT2D eigenvalue weighted by Crippen LogP contribution is -2.28. The van der Waals surface area contributed by atoms with E-state index in [1.54, 1.807) is 0 Å². The second kappa shape index (κ2) is 18.3. The molecular weight excluding hydrogens is 474 g/mol. The summed E-state index contributed by atoms with van der Waals surface area (Å²) in [6, 6.07) is 20.5. The van der Waals surface area contributed by atoms with Crippen molar-refractivity contribution in [3.05, 3.63) is 107 Å². The minimum absolute atomic E-state index is 0.0639. The zero-order chi connectivity index (χ0) is 27.6. The third-order valence-electron chi connectivity index (χ3n) is 6.21. The highest BCUT2D eigenvalue weighted by molar-refractivity contribution is 5.87. The summed E-state index contributed by atoms with van der Waals surface area (Å²) in [6.45, 7) is 8.52. The number of ether oxygens (including phenoxy) is 3. The first-order valence-electron chi connectivity index (χ1n) is 13.5. The van der Waals surface area contributed by atoms with E-state index in [0.717, 1.165) is 24.8 Å². The fourth-order valence-electron chi connectivity index (χ4n) is 3.89. The van der Waals surface area contributed by atoms with E-state index in [1.807, 2.05) is 70.4 Å². The molecule has 0 fully saturated rings. The molecule has 0 saturated heterocycles. The third-order valence-corrected chi connectivity index (χ3v) is 6.21. The van der Waals surface area contributed by atoms with E-state index in [9.17, 15) is 4.79 Å². The maximum atomic E-state index is 12.2. The van der Waals surface area contributed by atoms with Crippen molar-refractivity contribution < 1.29 is 19.0 Å². The van der Waals surface area contributed by atoms with Crippen LogP contribution in [0.15, 0.2) is 95.6 Å². The second-order valence-electron chi connectivity index (χ2n) is 9.74. The predicted octanol–water partition coefficient (Wildman–Crippen LogP) is 6.90. The van der Waals surface area contributed by atoms with E-state index >= 15 is 0 Å². The van der Waals surface area contributed by atoms with Crippen molar-refractivity contribution in [2.24, 2.45) is 0 Å². The molecule has 0 amide bonds. The molecule has 2 rings (SSSR count). The molecule has 5 nitrogen and oxygen atoms in total. The van der Waals surface area contributed by atoms with E-state index in [0.29, 0.717) is 38.6 Å². The molecule has 0 spiro atoms. The number of nitrogens with zero attached hydrogens (tertiary/aromatic N) is 1. The van der Waals surface area contributed by atoms with Gasteiger partial charge >= 0.3 is 5.97 Å². The van der Waals surface area contributed by atoms with Crippen LogP contribution in [-0.2, 0) is 32.2 Å². The maximum absolute atomic E-state index is 12.2. The Labute approximate surface area is 229 Å². The SMILES string of the molecule is CCOC(=O)/C(C)=C/C(C/C(=C\CC/C(C)=C/COCc1ccccc1)COCc1ccccc1)N(C)C. The van der Waals surface area contributed by atoms with Crippen molar-refractivity contribution in [1.82, 2.24) is 4.90 Å². The van der Waals surface area contributed by atoms with Crippen LogP contribution in [0.1, 0.15) is 51.2 Å². The Morgan fingerprint density at radius 1 is 0.895 bits per heavy atom. The van der Waals surface area contributed by atoms with Gasteiger partial charge in [0.2, 0.25) is 0 Å². The summed E-state index contributed by atoms with van der Waals surface area (Å²) < 4.78 is 17.1. The van der Waals surface area contributed by atoms with Crippen molar-refractivity contribution >= 4 is 5.97 Å². The van der Waals surface area contributed by atoms with Gasteiger partial charge in [0.15, 0.2) is 0 Å².